The molecular formula is C11H9F3N2O2. The van der Waals surface area contributed by atoms with Gasteiger partial charge in [0, 0.05) is 12.4 Å². The van der Waals surface area contributed by atoms with Crippen LogP contribution in [0.1, 0.15) is 11.3 Å². The number of aromatic nitrogens is 2. The summed E-state index contributed by atoms with van der Waals surface area (Å²) in [6.45, 7) is 0. The number of carbonyl (C=O) groups is 1. The molecule has 2 aromatic rings. The molecule has 0 radical (unpaired) electrons. The number of aliphatic carboxylic acids is 1. The number of halogens is 3. The van der Waals surface area contributed by atoms with Crippen LogP contribution in [0, 0.1) is 0 Å². The molecule has 0 saturated carbocycles. The van der Waals surface area contributed by atoms with Crippen molar-refractivity contribution < 1.29 is 23.1 Å². The van der Waals surface area contributed by atoms with Crippen molar-refractivity contribution in [1.29, 1.82) is 0 Å². The molecule has 18 heavy (non-hydrogen) atoms. The van der Waals surface area contributed by atoms with Gasteiger partial charge in [-0.05, 0) is 11.6 Å². The minimum Gasteiger partial charge on any atom is -0.481 e. The van der Waals surface area contributed by atoms with Gasteiger partial charge < -0.3 is 5.11 Å². The lowest BCUT2D eigenvalue weighted by molar-refractivity contribution is -0.140. The molecule has 1 aromatic heterocycles. The highest BCUT2D eigenvalue weighted by molar-refractivity contribution is 5.89. The molecule has 2 rings (SSSR count). The van der Waals surface area contributed by atoms with Crippen molar-refractivity contribution in [3.05, 3.63) is 29.5 Å². The van der Waals surface area contributed by atoms with Crippen molar-refractivity contribution in [2.24, 2.45) is 7.05 Å². The Morgan fingerprint density at radius 3 is 2.67 bits per heavy atom. The molecule has 0 aliphatic heterocycles. The number of carboxylic acid groups (broad SMARTS) is 1. The number of rotatable bonds is 2. The Morgan fingerprint density at radius 2 is 2.11 bits per heavy atom. The van der Waals surface area contributed by atoms with Crippen LogP contribution in [0.3, 0.4) is 0 Å². The van der Waals surface area contributed by atoms with Crippen molar-refractivity contribution in [2.75, 3.05) is 0 Å². The Kier molecular flexibility index (Phi) is 2.76. The van der Waals surface area contributed by atoms with Gasteiger partial charge in [-0.25, -0.2) is 0 Å². The fourth-order valence-corrected chi connectivity index (χ4v) is 1.89. The maximum atomic E-state index is 12.8. The lowest BCUT2D eigenvalue weighted by Crippen LogP contribution is -2.08. The second-order valence-electron chi connectivity index (χ2n) is 3.85. The van der Waals surface area contributed by atoms with E-state index in [1.54, 1.807) is 0 Å². The highest BCUT2D eigenvalue weighted by Crippen LogP contribution is 2.35. The molecule has 0 unspecified atom stereocenters. The number of benzene rings is 1. The fourth-order valence-electron chi connectivity index (χ4n) is 1.89. The predicted octanol–water partition coefficient (Wildman–Crippen LogP) is 2.22. The van der Waals surface area contributed by atoms with Gasteiger partial charge >= 0.3 is 12.1 Å². The Labute approximate surface area is 99.6 Å². The lowest BCUT2D eigenvalue weighted by Gasteiger charge is -2.05. The van der Waals surface area contributed by atoms with Gasteiger partial charge in [-0.15, -0.1) is 0 Å². The van der Waals surface area contributed by atoms with Crippen molar-refractivity contribution >= 4 is 16.9 Å². The van der Waals surface area contributed by atoms with Crippen LogP contribution in [0.2, 0.25) is 0 Å². The molecule has 0 fully saturated rings. The molecule has 1 N–H and O–H groups in total. The van der Waals surface area contributed by atoms with E-state index in [1.807, 2.05) is 0 Å². The molecule has 0 saturated heterocycles. The smallest absolute Gasteiger partial charge is 0.435 e. The second kappa shape index (κ2) is 4.01. The zero-order valence-electron chi connectivity index (χ0n) is 9.32. The molecule has 0 aliphatic carbocycles. The highest BCUT2D eigenvalue weighted by Gasteiger charge is 2.37. The largest absolute Gasteiger partial charge is 0.481 e. The van der Waals surface area contributed by atoms with E-state index in [0.717, 1.165) is 4.68 Å². The van der Waals surface area contributed by atoms with Gasteiger partial charge in [0.25, 0.3) is 0 Å². The van der Waals surface area contributed by atoms with Gasteiger partial charge in [-0.3, -0.25) is 9.48 Å². The summed E-state index contributed by atoms with van der Waals surface area (Å²) in [7, 11) is 1.39. The van der Waals surface area contributed by atoms with E-state index >= 15 is 0 Å². The average Bonchev–Trinajstić information content (AvgIpc) is 2.56. The summed E-state index contributed by atoms with van der Waals surface area (Å²) >= 11 is 0. The molecule has 0 spiro atoms. The number of fused-ring (bicyclic) bond motifs is 1. The molecule has 0 atom stereocenters. The molecule has 4 nitrogen and oxygen atoms in total. The summed E-state index contributed by atoms with van der Waals surface area (Å²) < 4.78 is 39.6. The van der Waals surface area contributed by atoms with Crippen molar-refractivity contribution in [3.63, 3.8) is 0 Å². The summed E-state index contributed by atoms with van der Waals surface area (Å²) in [5.41, 5.74) is -0.668. The van der Waals surface area contributed by atoms with Crippen LogP contribution < -0.4 is 0 Å². The Hall–Kier alpha value is -2.05. The molecular weight excluding hydrogens is 249 g/mol. The minimum absolute atomic E-state index is 0.112. The van der Waals surface area contributed by atoms with E-state index in [2.05, 4.69) is 5.10 Å². The Bertz CT molecular complexity index is 617. The van der Waals surface area contributed by atoms with E-state index in [-0.39, 0.29) is 16.5 Å². The molecule has 7 heteroatoms. The quantitative estimate of drug-likeness (QED) is 0.898. The van der Waals surface area contributed by atoms with E-state index in [9.17, 15) is 18.0 Å². The van der Waals surface area contributed by atoms with E-state index in [1.165, 1.54) is 25.2 Å². The first-order chi connectivity index (χ1) is 8.30. The van der Waals surface area contributed by atoms with Crippen LogP contribution in [-0.4, -0.2) is 20.9 Å². The van der Waals surface area contributed by atoms with Crippen molar-refractivity contribution in [3.8, 4) is 0 Å². The van der Waals surface area contributed by atoms with Gasteiger partial charge in [0.15, 0.2) is 5.69 Å². The summed E-state index contributed by atoms with van der Waals surface area (Å²) in [6, 6.07) is 4.36. The first kappa shape index (κ1) is 12.4. The molecule has 1 aromatic carbocycles. The van der Waals surface area contributed by atoms with Crippen molar-refractivity contribution in [2.45, 2.75) is 12.6 Å². The summed E-state index contributed by atoms with van der Waals surface area (Å²) in [4.78, 5) is 10.7. The first-order valence-electron chi connectivity index (χ1n) is 5.04. The molecule has 0 amide bonds. The first-order valence-corrected chi connectivity index (χ1v) is 5.04. The molecule has 0 bridgehead atoms. The highest BCUT2D eigenvalue weighted by atomic mass is 19.4. The number of alkyl halides is 3. The van der Waals surface area contributed by atoms with Crippen LogP contribution in [0.4, 0.5) is 13.2 Å². The fraction of sp³-hybridized carbons (Fsp3) is 0.273. The maximum Gasteiger partial charge on any atom is 0.435 e. The third kappa shape index (κ3) is 2.03. The normalized spacial score (nSPS) is 12.0. The number of hydrogen-bond donors (Lipinski definition) is 1. The second-order valence-corrected chi connectivity index (χ2v) is 3.85. The Morgan fingerprint density at radius 1 is 1.44 bits per heavy atom. The maximum absolute atomic E-state index is 12.8. The van der Waals surface area contributed by atoms with Gasteiger partial charge in [0.1, 0.15) is 0 Å². The third-order valence-corrected chi connectivity index (χ3v) is 2.57. The number of hydrogen-bond acceptors (Lipinski definition) is 2. The van der Waals surface area contributed by atoms with Crippen LogP contribution in [0.5, 0.6) is 0 Å². The number of aryl methyl sites for hydroxylation is 1. The standard InChI is InChI=1S/C11H9F3N2O2/c1-16-7-4-2-3-6(5-8(17)18)9(7)10(15-16)11(12,13)14/h2-4H,5H2,1H3,(H,17,18). The zero-order valence-corrected chi connectivity index (χ0v) is 9.32. The number of carboxylic acids is 1. The average molecular weight is 258 g/mol. The van der Waals surface area contributed by atoms with Gasteiger partial charge in [0.2, 0.25) is 0 Å². The van der Waals surface area contributed by atoms with Crippen molar-refractivity contribution in [1.82, 2.24) is 9.78 Å². The summed E-state index contributed by atoms with van der Waals surface area (Å²) in [5, 5.41) is 12.0. The molecule has 1 heterocycles. The molecule has 96 valence electrons. The topological polar surface area (TPSA) is 55.1 Å². The van der Waals surface area contributed by atoms with Gasteiger partial charge in [0.05, 0.1) is 11.9 Å². The lowest BCUT2D eigenvalue weighted by atomic mass is 10.0. The number of nitrogens with zero attached hydrogens (tertiary/aromatic N) is 2. The molecule has 0 aliphatic rings. The summed E-state index contributed by atoms with van der Waals surface area (Å²) in [5.74, 6) is -1.18. The third-order valence-electron chi connectivity index (χ3n) is 2.57. The van der Waals surface area contributed by atoms with Crippen LogP contribution in [0.25, 0.3) is 10.9 Å². The van der Waals surface area contributed by atoms with Gasteiger partial charge in [-0.1, -0.05) is 12.1 Å². The monoisotopic (exact) mass is 258 g/mol. The van der Waals surface area contributed by atoms with E-state index < -0.39 is 24.3 Å². The minimum atomic E-state index is -4.60. The van der Waals surface area contributed by atoms with E-state index in [0.29, 0.717) is 0 Å². The van der Waals surface area contributed by atoms with Crippen LogP contribution >= 0.6 is 0 Å². The van der Waals surface area contributed by atoms with Gasteiger partial charge in [-0.2, -0.15) is 18.3 Å². The van der Waals surface area contributed by atoms with E-state index in [4.69, 9.17) is 5.11 Å². The zero-order chi connectivity index (χ0) is 13.5. The SMILES string of the molecule is Cn1nc(C(F)(F)F)c2c(CC(=O)O)cccc21. The van der Waals surface area contributed by atoms with Crippen LogP contribution in [0.15, 0.2) is 18.2 Å². The predicted molar refractivity (Wildman–Crippen MR) is 57.1 cm³/mol. The summed E-state index contributed by atoms with van der Waals surface area (Å²) in [6.07, 6.45) is -5.07. The van der Waals surface area contributed by atoms with Crippen LogP contribution in [-0.2, 0) is 24.4 Å². The Balaban J connectivity index is 2.76.